The van der Waals surface area contributed by atoms with E-state index in [1.165, 1.54) is 14.0 Å². The van der Waals surface area contributed by atoms with E-state index in [9.17, 15) is 4.79 Å². The van der Waals surface area contributed by atoms with E-state index in [0.29, 0.717) is 5.70 Å². The van der Waals surface area contributed by atoms with Crippen LogP contribution >= 0.6 is 0 Å². The van der Waals surface area contributed by atoms with Crippen LogP contribution in [-0.2, 0) is 4.79 Å². The van der Waals surface area contributed by atoms with Crippen molar-refractivity contribution in [2.24, 2.45) is 27.9 Å². The van der Waals surface area contributed by atoms with Gasteiger partial charge in [0, 0.05) is 14.0 Å². The number of carbonyl (C=O) groups excluding carboxylic acids is 1. The van der Waals surface area contributed by atoms with Crippen molar-refractivity contribution in [2.45, 2.75) is 21.3 Å². The van der Waals surface area contributed by atoms with Crippen molar-refractivity contribution in [1.82, 2.24) is 5.32 Å². The Labute approximate surface area is 104 Å². The van der Waals surface area contributed by atoms with Gasteiger partial charge in [0.25, 0.3) is 0 Å². The molecule has 0 radical (unpaired) electrons. The first-order valence-corrected chi connectivity index (χ1v) is 4.24. The fraction of sp³-hybridized carbons (Fsp3) is 0.400. The summed E-state index contributed by atoms with van der Waals surface area (Å²) in [7, 11) is 1.54. The Bertz CT molecular complexity index is 240. The van der Waals surface area contributed by atoms with E-state index in [-0.39, 0.29) is 25.1 Å². The number of aliphatic imine (C=N–C) groups is 1. The van der Waals surface area contributed by atoms with Gasteiger partial charge in [0.05, 0.1) is 5.82 Å². The molecule has 0 unspecified atom stereocenters. The molecule has 0 atom stereocenters. The summed E-state index contributed by atoms with van der Waals surface area (Å²) >= 11 is 0. The van der Waals surface area contributed by atoms with Gasteiger partial charge in [-0.2, -0.15) is 0 Å². The van der Waals surface area contributed by atoms with Crippen LogP contribution in [0, 0.1) is 0 Å². The van der Waals surface area contributed by atoms with Gasteiger partial charge >= 0.3 is 0 Å². The maximum absolute atomic E-state index is 10.0. The summed E-state index contributed by atoms with van der Waals surface area (Å²) < 4.78 is 0. The number of amides is 1. The zero-order valence-electron chi connectivity index (χ0n) is 10.1. The van der Waals surface area contributed by atoms with Crippen molar-refractivity contribution < 1.29 is 4.79 Å². The van der Waals surface area contributed by atoms with Gasteiger partial charge in [-0.25, -0.2) is 0 Å². The monoisotopic (exact) mass is 246 g/mol. The second-order valence-corrected chi connectivity index (χ2v) is 2.70. The summed E-state index contributed by atoms with van der Waals surface area (Å²) in [4.78, 5) is 13.4. The fourth-order valence-corrected chi connectivity index (χ4v) is 0.226. The molecule has 0 aromatic carbocycles. The number of allylic oxidation sites excluding steroid dienone is 1. The predicted octanol–water partition coefficient (Wildman–Crippen LogP) is -0.443. The molecule has 17 heavy (non-hydrogen) atoms. The van der Waals surface area contributed by atoms with E-state index < -0.39 is 0 Å². The molecule has 0 heterocycles. The molecule has 0 aliphatic rings. The molecule has 9 N–H and O–H groups in total. The molecule has 0 saturated heterocycles. The molecular formula is C10H26N6O. The van der Waals surface area contributed by atoms with Gasteiger partial charge in [-0.15, -0.1) is 0 Å². The van der Waals surface area contributed by atoms with Gasteiger partial charge in [0.2, 0.25) is 5.91 Å². The quantitative estimate of drug-likeness (QED) is 0.314. The molecular weight excluding hydrogens is 220 g/mol. The first-order chi connectivity index (χ1) is 7.13. The third-order valence-corrected chi connectivity index (χ3v) is 0.595. The first-order valence-electron chi connectivity index (χ1n) is 4.24. The largest absolute Gasteiger partial charge is 0.403 e. The van der Waals surface area contributed by atoms with Crippen LogP contribution in [0.25, 0.3) is 0 Å². The van der Waals surface area contributed by atoms with Crippen molar-refractivity contribution in [3.05, 3.63) is 24.7 Å². The van der Waals surface area contributed by atoms with Crippen molar-refractivity contribution >= 4 is 11.9 Å². The number of guanidine groups is 1. The number of rotatable bonds is 1. The number of hydrogen-bond acceptors (Lipinski definition) is 4. The first kappa shape index (κ1) is 24.2. The maximum Gasteiger partial charge on any atom is 0.222 e. The lowest BCUT2D eigenvalue weighted by Crippen LogP contribution is -2.23. The molecule has 7 nitrogen and oxygen atoms in total. The summed E-state index contributed by atoms with van der Waals surface area (Å²) in [5, 5.41) is 2.25. The molecule has 0 aliphatic heterocycles. The number of hydrogen-bond donors (Lipinski definition) is 5. The van der Waals surface area contributed by atoms with Gasteiger partial charge in [-0.1, -0.05) is 20.6 Å². The van der Waals surface area contributed by atoms with Crippen LogP contribution in [0.15, 0.2) is 29.7 Å². The minimum absolute atomic E-state index is 0. The Hall–Kier alpha value is -2.18. The number of nitrogens with two attached hydrogens (primary N) is 4. The van der Waals surface area contributed by atoms with Crippen LogP contribution in [0.1, 0.15) is 21.3 Å². The Morgan fingerprint density at radius 1 is 1.12 bits per heavy atom. The van der Waals surface area contributed by atoms with Crippen molar-refractivity contribution in [3.63, 3.8) is 0 Å². The van der Waals surface area contributed by atoms with Crippen LogP contribution in [0.5, 0.6) is 0 Å². The molecule has 0 aromatic rings. The third kappa shape index (κ3) is 132. The molecule has 0 aliphatic carbocycles. The van der Waals surface area contributed by atoms with E-state index in [1.54, 1.807) is 6.92 Å². The van der Waals surface area contributed by atoms with Gasteiger partial charge in [0.1, 0.15) is 0 Å². The van der Waals surface area contributed by atoms with Crippen LogP contribution in [0.4, 0.5) is 0 Å². The molecule has 0 rings (SSSR count). The summed E-state index contributed by atoms with van der Waals surface area (Å²) in [6.07, 6.45) is 0. The fourth-order valence-electron chi connectivity index (χ4n) is 0.226. The third-order valence-electron chi connectivity index (χ3n) is 0.595. The molecule has 0 bridgehead atoms. The Kier molecular flexibility index (Phi) is 23.1. The minimum Gasteiger partial charge on any atom is -0.403 e. The van der Waals surface area contributed by atoms with E-state index in [4.69, 9.17) is 22.9 Å². The molecule has 7 heteroatoms. The highest BCUT2D eigenvalue weighted by Crippen LogP contribution is 1.64. The molecule has 0 spiro atoms. The Morgan fingerprint density at radius 2 is 1.35 bits per heavy atom. The van der Waals surface area contributed by atoms with E-state index in [0.717, 1.165) is 0 Å². The topological polar surface area (TPSA) is 146 Å². The number of nitrogens with zero attached hydrogens (tertiary/aromatic N) is 1. The SMILES string of the molecule is C.C=C(C)N.C=C(N)NC(C)=O.CN=C(N)N. The average Bonchev–Trinajstić information content (AvgIpc) is 2.01. The molecule has 1 amide bonds. The van der Waals surface area contributed by atoms with E-state index >= 15 is 0 Å². The summed E-state index contributed by atoms with van der Waals surface area (Å²) in [6.45, 7) is 9.70. The van der Waals surface area contributed by atoms with Gasteiger partial charge in [-0.3, -0.25) is 9.79 Å². The number of nitrogens with one attached hydrogen (secondary N) is 1. The summed E-state index contributed by atoms with van der Waals surface area (Å²) in [5.41, 5.74) is 20.2. The molecule has 102 valence electrons. The Balaban J connectivity index is -0.0000000757. The lowest BCUT2D eigenvalue weighted by Gasteiger charge is -1.94. The van der Waals surface area contributed by atoms with Gasteiger partial charge in [0.15, 0.2) is 5.96 Å². The van der Waals surface area contributed by atoms with Gasteiger partial charge in [-0.05, 0) is 12.6 Å². The maximum atomic E-state index is 10.0. The molecule has 0 saturated carbocycles. The standard InChI is InChI=1S/C4H8N2O.C3H7N.C2H7N3.CH4/c1-3(5)6-4(2)7;1-3(2)4;1-5-2(3)4;/h1,5H2,2H3,(H,6,7);1,4H2,2H3;1H3,(H4,3,4,5);1H4. The lowest BCUT2D eigenvalue weighted by molar-refractivity contribution is -0.118. The summed E-state index contributed by atoms with van der Waals surface area (Å²) in [5.74, 6) is 0.130. The zero-order valence-corrected chi connectivity index (χ0v) is 10.1. The highest BCUT2D eigenvalue weighted by atomic mass is 16.1. The van der Waals surface area contributed by atoms with Crippen LogP contribution < -0.4 is 28.3 Å². The summed E-state index contributed by atoms with van der Waals surface area (Å²) in [6, 6.07) is 0. The van der Waals surface area contributed by atoms with E-state index in [1.807, 2.05) is 0 Å². The molecule has 0 fully saturated rings. The molecule has 0 aromatic heterocycles. The second kappa shape index (κ2) is 16.3. The zero-order chi connectivity index (χ0) is 13.7. The highest BCUT2D eigenvalue weighted by molar-refractivity contribution is 5.75. The second-order valence-electron chi connectivity index (χ2n) is 2.70. The average molecular weight is 246 g/mol. The van der Waals surface area contributed by atoms with Crippen molar-refractivity contribution in [1.29, 1.82) is 0 Å². The smallest absolute Gasteiger partial charge is 0.222 e. The lowest BCUT2D eigenvalue weighted by atomic mass is 10.6. The van der Waals surface area contributed by atoms with Crippen LogP contribution in [0.2, 0.25) is 0 Å². The normalized spacial score (nSPS) is 6.53. The van der Waals surface area contributed by atoms with E-state index in [2.05, 4.69) is 23.5 Å². The van der Waals surface area contributed by atoms with Crippen LogP contribution in [-0.4, -0.2) is 18.9 Å². The number of carbonyl (C=O) groups is 1. The predicted molar refractivity (Wildman–Crippen MR) is 74.6 cm³/mol. The van der Waals surface area contributed by atoms with Gasteiger partial charge < -0.3 is 28.3 Å². The van der Waals surface area contributed by atoms with Crippen LogP contribution in [0.3, 0.4) is 0 Å². The highest BCUT2D eigenvalue weighted by Gasteiger charge is 1.85. The van der Waals surface area contributed by atoms with Crippen molar-refractivity contribution in [3.8, 4) is 0 Å². The van der Waals surface area contributed by atoms with Crippen molar-refractivity contribution in [2.75, 3.05) is 7.05 Å². The minimum atomic E-state index is -0.187. The Morgan fingerprint density at radius 3 is 1.35 bits per heavy atom.